The van der Waals surface area contributed by atoms with E-state index >= 15 is 0 Å². The van der Waals surface area contributed by atoms with Crippen LogP contribution in [0.4, 0.5) is 14.5 Å². The molecule has 1 aromatic heterocycles. The maximum Gasteiger partial charge on any atom is 0.194 e. The Morgan fingerprint density at radius 3 is 2.52 bits per heavy atom. The van der Waals surface area contributed by atoms with E-state index in [1.54, 1.807) is 0 Å². The highest BCUT2D eigenvalue weighted by Crippen LogP contribution is 2.22. The molecule has 0 spiro atoms. The molecule has 0 aliphatic carbocycles. The van der Waals surface area contributed by atoms with E-state index in [1.807, 2.05) is 30.5 Å². The van der Waals surface area contributed by atoms with Crippen LogP contribution >= 0.6 is 0 Å². The van der Waals surface area contributed by atoms with Gasteiger partial charge in [-0.2, -0.15) is 5.10 Å². The largest absolute Gasteiger partial charge is 0.366 e. The van der Waals surface area contributed by atoms with Gasteiger partial charge in [-0.25, -0.2) is 8.78 Å². The predicted molar refractivity (Wildman–Crippen MR) is 113 cm³/mol. The van der Waals surface area contributed by atoms with Crippen LogP contribution in [0.1, 0.15) is 23.9 Å². The van der Waals surface area contributed by atoms with Crippen LogP contribution < -0.4 is 10.2 Å². The van der Waals surface area contributed by atoms with Gasteiger partial charge in [0.1, 0.15) is 11.6 Å². The molecule has 1 aliphatic heterocycles. The third-order valence-corrected chi connectivity index (χ3v) is 5.45. The van der Waals surface area contributed by atoms with E-state index < -0.39 is 5.82 Å². The molecule has 2 aromatic rings. The second-order valence-electron chi connectivity index (χ2n) is 7.33. The third kappa shape index (κ3) is 4.86. The summed E-state index contributed by atoms with van der Waals surface area (Å²) in [6.45, 7) is 10.2. The lowest BCUT2D eigenvalue weighted by molar-refractivity contribution is 0.370. The Bertz CT molecular complexity index is 868. The lowest BCUT2D eigenvalue weighted by Crippen LogP contribution is -2.52. The second-order valence-corrected chi connectivity index (χ2v) is 7.33. The summed E-state index contributed by atoms with van der Waals surface area (Å²) in [5, 5.41) is 7.81. The van der Waals surface area contributed by atoms with Crippen LogP contribution in [-0.4, -0.2) is 59.9 Å². The Labute approximate surface area is 171 Å². The van der Waals surface area contributed by atoms with Crippen molar-refractivity contribution in [1.29, 1.82) is 0 Å². The smallest absolute Gasteiger partial charge is 0.194 e. The van der Waals surface area contributed by atoms with Gasteiger partial charge in [-0.05, 0) is 44.9 Å². The highest BCUT2D eigenvalue weighted by atomic mass is 19.1. The molecule has 3 rings (SSSR count). The maximum atomic E-state index is 14.1. The fourth-order valence-electron chi connectivity index (χ4n) is 3.77. The molecule has 1 aliphatic rings. The molecule has 6 nitrogen and oxygen atoms in total. The SMILES string of the molecule is CCNC(=NCCc1c(C)nn(C)c1C)N1CCN(c2cc(F)ccc2F)CC1. The van der Waals surface area contributed by atoms with E-state index in [0.717, 1.165) is 30.7 Å². The third-order valence-electron chi connectivity index (χ3n) is 5.45. The number of nitrogens with one attached hydrogen (secondary N) is 1. The topological polar surface area (TPSA) is 48.7 Å². The number of guanidine groups is 1. The van der Waals surface area contributed by atoms with Gasteiger partial charge in [-0.15, -0.1) is 0 Å². The second kappa shape index (κ2) is 9.24. The lowest BCUT2D eigenvalue weighted by Gasteiger charge is -2.37. The van der Waals surface area contributed by atoms with E-state index in [0.29, 0.717) is 38.4 Å². The van der Waals surface area contributed by atoms with Gasteiger partial charge in [-0.3, -0.25) is 9.67 Å². The zero-order chi connectivity index (χ0) is 21.0. The summed E-state index contributed by atoms with van der Waals surface area (Å²) in [5.41, 5.74) is 3.80. The zero-order valence-electron chi connectivity index (χ0n) is 17.7. The van der Waals surface area contributed by atoms with Crippen molar-refractivity contribution < 1.29 is 8.78 Å². The van der Waals surface area contributed by atoms with Gasteiger partial charge in [0, 0.05) is 58.1 Å². The van der Waals surface area contributed by atoms with Gasteiger partial charge >= 0.3 is 0 Å². The van der Waals surface area contributed by atoms with Crippen molar-refractivity contribution in [3.8, 4) is 0 Å². The molecule has 0 saturated carbocycles. The minimum absolute atomic E-state index is 0.328. The molecule has 29 heavy (non-hydrogen) atoms. The van der Waals surface area contributed by atoms with E-state index in [9.17, 15) is 8.78 Å². The van der Waals surface area contributed by atoms with Gasteiger partial charge in [0.05, 0.1) is 11.4 Å². The number of aryl methyl sites for hydroxylation is 2. The van der Waals surface area contributed by atoms with Crippen LogP contribution in [0.15, 0.2) is 23.2 Å². The van der Waals surface area contributed by atoms with E-state index in [4.69, 9.17) is 4.99 Å². The molecule has 0 bridgehead atoms. The summed E-state index contributed by atoms with van der Waals surface area (Å²) in [7, 11) is 1.96. The number of rotatable bonds is 5. The number of halogens is 2. The summed E-state index contributed by atoms with van der Waals surface area (Å²) in [5.74, 6) is 0.0633. The standard InChI is InChI=1S/C21H30F2N6/c1-5-24-21(25-9-8-18-15(2)26-27(4)16(18)3)29-12-10-28(11-13-29)20-14-17(22)6-7-19(20)23/h6-7,14H,5,8-13H2,1-4H3,(H,24,25). The molecule has 1 N–H and O–H groups in total. The Morgan fingerprint density at radius 2 is 1.90 bits per heavy atom. The molecule has 0 amide bonds. The Hall–Kier alpha value is -2.64. The molecular weight excluding hydrogens is 374 g/mol. The number of anilines is 1. The van der Waals surface area contributed by atoms with Crippen molar-refractivity contribution in [1.82, 2.24) is 20.0 Å². The minimum atomic E-state index is -0.417. The molecule has 2 heterocycles. The predicted octanol–water partition coefficient (Wildman–Crippen LogP) is 2.65. The van der Waals surface area contributed by atoms with Crippen molar-refractivity contribution in [3.63, 3.8) is 0 Å². The Balaban J connectivity index is 1.63. The number of piperazine rings is 1. The monoisotopic (exact) mass is 404 g/mol. The molecule has 8 heteroatoms. The van der Waals surface area contributed by atoms with Crippen molar-refractivity contribution in [3.05, 3.63) is 46.8 Å². The van der Waals surface area contributed by atoms with E-state index in [2.05, 4.69) is 22.2 Å². The molecule has 1 aromatic carbocycles. The van der Waals surface area contributed by atoms with Crippen LogP contribution in [-0.2, 0) is 13.5 Å². The molecular formula is C21H30F2N6. The van der Waals surface area contributed by atoms with Gasteiger partial charge in [-0.1, -0.05) is 0 Å². The number of aromatic nitrogens is 2. The average molecular weight is 405 g/mol. The number of hydrogen-bond acceptors (Lipinski definition) is 3. The number of benzene rings is 1. The molecule has 0 atom stereocenters. The van der Waals surface area contributed by atoms with Crippen LogP contribution in [0.25, 0.3) is 0 Å². The number of nitrogens with zero attached hydrogens (tertiary/aromatic N) is 5. The first-order valence-electron chi connectivity index (χ1n) is 10.1. The first-order valence-corrected chi connectivity index (χ1v) is 10.1. The van der Waals surface area contributed by atoms with Gasteiger partial charge < -0.3 is 15.1 Å². The fraction of sp³-hybridized carbons (Fsp3) is 0.524. The van der Waals surface area contributed by atoms with Gasteiger partial charge in [0.15, 0.2) is 5.96 Å². The van der Waals surface area contributed by atoms with Crippen molar-refractivity contribution in [2.75, 3.05) is 44.2 Å². The van der Waals surface area contributed by atoms with Crippen LogP contribution in [0, 0.1) is 25.5 Å². The van der Waals surface area contributed by atoms with Crippen molar-refractivity contribution >= 4 is 11.6 Å². The fourth-order valence-corrected chi connectivity index (χ4v) is 3.77. The van der Waals surface area contributed by atoms with Gasteiger partial charge in [0.2, 0.25) is 0 Å². The highest BCUT2D eigenvalue weighted by Gasteiger charge is 2.22. The summed E-state index contributed by atoms with van der Waals surface area (Å²) >= 11 is 0. The van der Waals surface area contributed by atoms with E-state index in [-0.39, 0.29) is 5.82 Å². The van der Waals surface area contributed by atoms with E-state index in [1.165, 1.54) is 23.4 Å². The maximum absolute atomic E-state index is 14.1. The number of aliphatic imine (C=N–C) groups is 1. The first-order chi connectivity index (χ1) is 13.9. The summed E-state index contributed by atoms with van der Waals surface area (Å²) in [4.78, 5) is 8.87. The first kappa shape index (κ1) is 21.1. The molecule has 0 radical (unpaired) electrons. The Morgan fingerprint density at radius 1 is 1.17 bits per heavy atom. The normalized spacial score (nSPS) is 15.2. The summed E-state index contributed by atoms with van der Waals surface area (Å²) < 4.78 is 29.5. The lowest BCUT2D eigenvalue weighted by atomic mass is 10.1. The zero-order valence-corrected chi connectivity index (χ0v) is 17.7. The average Bonchev–Trinajstić information content (AvgIpc) is 2.95. The van der Waals surface area contributed by atoms with Crippen molar-refractivity contribution in [2.24, 2.45) is 12.0 Å². The highest BCUT2D eigenvalue weighted by molar-refractivity contribution is 5.80. The minimum Gasteiger partial charge on any atom is -0.366 e. The van der Waals surface area contributed by atoms with Crippen LogP contribution in [0.2, 0.25) is 0 Å². The molecule has 0 unspecified atom stereocenters. The molecule has 1 saturated heterocycles. The van der Waals surface area contributed by atoms with Gasteiger partial charge in [0.25, 0.3) is 0 Å². The number of hydrogen-bond donors (Lipinski definition) is 1. The summed E-state index contributed by atoms with van der Waals surface area (Å²) in [6.07, 6.45) is 0.842. The quantitative estimate of drug-likeness (QED) is 0.615. The van der Waals surface area contributed by atoms with Crippen molar-refractivity contribution in [2.45, 2.75) is 27.2 Å². The summed E-state index contributed by atoms with van der Waals surface area (Å²) in [6, 6.07) is 3.60. The Kier molecular flexibility index (Phi) is 6.71. The molecule has 1 fully saturated rings. The van der Waals surface area contributed by atoms with Crippen LogP contribution in [0.3, 0.4) is 0 Å². The molecule has 158 valence electrons. The van der Waals surface area contributed by atoms with Crippen LogP contribution in [0.5, 0.6) is 0 Å².